The summed E-state index contributed by atoms with van der Waals surface area (Å²) in [6, 6.07) is 25.5. The standard InChI is InChI=1S/C26H22N2O3/c1-18(20-7-3-2-4-8-20)28(16-19-11-12-24-25(13-19)31-17-30-24)26(29)22-14-21-9-5-6-10-23(21)27-15-22/h2-15,18H,16-17H2,1H3. The van der Waals surface area contributed by atoms with Gasteiger partial charge in [0.25, 0.3) is 5.91 Å². The summed E-state index contributed by atoms with van der Waals surface area (Å²) in [5, 5.41) is 0.948. The number of para-hydroxylation sites is 1. The lowest BCUT2D eigenvalue weighted by Gasteiger charge is -2.30. The molecule has 0 bridgehead atoms. The van der Waals surface area contributed by atoms with Crippen LogP contribution in [0, 0.1) is 0 Å². The Labute approximate surface area is 180 Å². The Morgan fingerprint density at radius 2 is 1.74 bits per heavy atom. The topological polar surface area (TPSA) is 51.7 Å². The van der Waals surface area contributed by atoms with E-state index in [0.29, 0.717) is 17.9 Å². The maximum absolute atomic E-state index is 13.7. The lowest BCUT2D eigenvalue weighted by molar-refractivity contribution is 0.0673. The Balaban J connectivity index is 1.51. The molecule has 5 rings (SSSR count). The van der Waals surface area contributed by atoms with Gasteiger partial charge in [0.1, 0.15) is 0 Å². The van der Waals surface area contributed by atoms with Gasteiger partial charge in [-0.2, -0.15) is 0 Å². The molecule has 0 saturated carbocycles. The fourth-order valence-corrected chi connectivity index (χ4v) is 3.89. The van der Waals surface area contributed by atoms with Crippen molar-refractivity contribution in [3.63, 3.8) is 0 Å². The molecular weight excluding hydrogens is 388 g/mol. The van der Waals surface area contributed by atoms with Gasteiger partial charge in [-0.05, 0) is 42.3 Å². The number of benzene rings is 3. The highest BCUT2D eigenvalue weighted by Crippen LogP contribution is 2.34. The average Bonchev–Trinajstić information content (AvgIpc) is 3.30. The van der Waals surface area contributed by atoms with Gasteiger partial charge < -0.3 is 14.4 Å². The first-order chi connectivity index (χ1) is 15.2. The molecule has 1 aliphatic rings. The molecule has 0 saturated heterocycles. The van der Waals surface area contributed by atoms with Gasteiger partial charge in [-0.1, -0.05) is 54.6 Å². The lowest BCUT2D eigenvalue weighted by atomic mass is 10.0. The Morgan fingerprint density at radius 3 is 2.61 bits per heavy atom. The number of amides is 1. The third kappa shape index (κ3) is 3.82. The van der Waals surface area contributed by atoms with Crippen LogP contribution in [0.1, 0.15) is 34.5 Å². The Kier molecular flexibility index (Phi) is 5.00. The van der Waals surface area contributed by atoms with Crippen molar-refractivity contribution >= 4 is 16.8 Å². The van der Waals surface area contributed by atoms with Crippen LogP contribution in [0.3, 0.4) is 0 Å². The largest absolute Gasteiger partial charge is 0.454 e. The number of carbonyl (C=O) groups excluding carboxylic acids is 1. The van der Waals surface area contributed by atoms with Gasteiger partial charge in [-0.15, -0.1) is 0 Å². The first-order valence-corrected chi connectivity index (χ1v) is 10.3. The highest BCUT2D eigenvalue weighted by molar-refractivity contribution is 5.97. The van der Waals surface area contributed by atoms with E-state index in [0.717, 1.165) is 27.8 Å². The Bertz CT molecular complexity index is 1240. The van der Waals surface area contributed by atoms with E-state index in [2.05, 4.69) is 11.9 Å². The van der Waals surface area contributed by atoms with Crippen LogP contribution in [0.15, 0.2) is 85.1 Å². The van der Waals surface area contributed by atoms with Gasteiger partial charge in [0.2, 0.25) is 6.79 Å². The van der Waals surface area contributed by atoms with Crippen LogP contribution in [0.4, 0.5) is 0 Å². The van der Waals surface area contributed by atoms with Crippen molar-refractivity contribution in [1.82, 2.24) is 9.88 Å². The predicted molar refractivity (Wildman–Crippen MR) is 119 cm³/mol. The Hall–Kier alpha value is -3.86. The van der Waals surface area contributed by atoms with Crippen LogP contribution >= 0.6 is 0 Å². The number of nitrogens with zero attached hydrogens (tertiary/aromatic N) is 2. The molecule has 0 spiro atoms. The van der Waals surface area contributed by atoms with Crippen molar-refractivity contribution in [2.45, 2.75) is 19.5 Å². The van der Waals surface area contributed by atoms with E-state index in [1.807, 2.05) is 83.8 Å². The Morgan fingerprint density at radius 1 is 0.968 bits per heavy atom. The predicted octanol–water partition coefficient (Wildman–Crippen LogP) is 5.37. The SMILES string of the molecule is CC(c1ccccc1)N(Cc1ccc2c(c1)OCO2)C(=O)c1cnc2ccccc2c1. The summed E-state index contributed by atoms with van der Waals surface area (Å²) < 4.78 is 10.9. The summed E-state index contributed by atoms with van der Waals surface area (Å²) in [6.07, 6.45) is 1.66. The van der Waals surface area contributed by atoms with Crippen molar-refractivity contribution in [3.8, 4) is 11.5 Å². The van der Waals surface area contributed by atoms with Crippen LogP contribution in [-0.4, -0.2) is 22.6 Å². The monoisotopic (exact) mass is 410 g/mol. The van der Waals surface area contributed by atoms with Crippen LogP contribution in [0.25, 0.3) is 10.9 Å². The molecule has 31 heavy (non-hydrogen) atoms. The number of rotatable bonds is 5. The zero-order valence-corrected chi connectivity index (χ0v) is 17.2. The van der Waals surface area contributed by atoms with Gasteiger partial charge in [0.05, 0.1) is 17.1 Å². The minimum Gasteiger partial charge on any atom is -0.454 e. The number of pyridine rings is 1. The van der Waals surface area contributed by atoms with E-state index in [1.165, 1.54) is 0 Å². The summed E-state index contributed by atoms with van der Waals surface area (Å²) >= 11 is 0. The molecule has 2 heterocycles. The molecule has 0 aliphatic carbocycles. The molecule has 5 heteroatoms. The normalized spacial score (nSPS) is 13.2. The molecule has 1 aliphatic heterocycles. The molecule has 0 N–H and O–H groups in total. The number of ether oxygens (including phenoxy) is 2. The molecule has 1 amide bonds. The van der Waals surface area contributed by atoms with Crippen molar-refractivity contribution < 1.29 is 14.3 Å². The van der Waals surface area contributed by atoms with Crippen LogP contribution in [0.2, 0.25) is 0 Å². The fourth-order valence-electron chi connectivity index (χ4n) is 3.89. The summed E-state index contributed by atoms with van der Waals surface area (Å²) in [4.78, 5) is 20.0. The van der Waals surface area contributed by atoms with E-state index in [-0.39, 0.29) is 18.7 Å². The molecule has 0 radical (unpaired) electrons. The van der Waals surface area contributed by atoms with Crippen LogP contribution in [-0.2, 0) is 6.54 Å². The molecule has 1 unspecified atom stereocenters. The van der Waals surface area contributed by atoms with Gasteiger partial charge in [-0.3, -0.25) is 9.78 Å². The van der Waals surface area contributed by atoms with E-state index >= 15 is 0 Å². The van der Waals surface area contributed by atoms with Crippen molar-refractivity contribution in [1.29, 1.82) is 0 Å². The highest BCUT2D eigenvalue weighted by Gasteiger charge is 2.24. The van der Waals surface area contributed by atoms with E-state index in [4.69, 9.17) is 9.47 Å². The molecule has 1 atom stereocenters. The van der Waals surface area contributed by atoms with Gasteiger partial charge >= 0.3 is 0 Å². The van der Waals surface area contributed by atoms with Crippen molar-refractivity contribution in [2.75, 3.05) is 6.79 Å². The summed E-state index contributed by atoms with van der Waals surface area (Å²) in [7, 11) is 0. The number of carbonyl (C=O) groups is 1. The smallest absolute Gasteiger partial charge is 0.256 e. The summed E-state index contributed by atoms with van der Waals surface area (Å²) in [6.45, 7) is 2.72. The van der Waals surface area contributed by atoms with Crippen LogP contribution in [0.5, 0.6) is 11.5 Å². The second-order valence-corrected chi connectivity index (χ2v) is 7.62. The van der Waals surface area contributed by atoms with Crippen molar-refractivity contribution in [3.05, 3.63) is 102 Å². The van der Waals surface area contributed by atoms with Crippen molar-refractivity contribution in [2.24, 2.45) is 0 Å². The second kappa shape index (κ2) is 8.11. The zero-order valence-electron chi connectivity index (χ0n) is 17.2. The molecule has 3 aromatic carbocycles. The molecule has 5 nitrogen and oxygen atoms in total. The molecular formula is C26H22N2O3. The average molecular weight is 410 g/mol. The first kappa shape index (κ1) is 19.1. The molecule has 154 valence electrons. The third-order valence-corrected chi connectivity index (χ3v) is 5.64. The number of hydrogen-bond acceptors (Lipinski definition) is 4. The van der Waals surface area contributed by atoms with E-state index in [1.54, 1.807) is 6.20 Å². The number of aromatic nitrogens is 1. The maximum atomic E-state index is 13.7. The highest BCUT2D eigenvalue weighted by atomic mass is 16.7. The summed E-state index contributed by atoms with van der Waals surface area (Å²) in [5.41, 5.74) is 3.50. The minimum absolute atomic E-state index is 0.0627. The van der Waals surface area contributed by atoms with Gasteiger partial charge in [-0.25, -0.2) is 0 Å². The van der Waals surface area contributed by atoms with Gasteiger partial charge in [0.15, 0.2) is 11.5 Å². The molecule has 0 fully saturated rings. The molecule has 4 aromatic rings. The van der Waals surface area contributed by atoms with E-state index in [9.17, 15) is 4.79 Å². The number of hydrogen-bond donors (Lipinski definition) is 0. The summed E-state index contributed by atoms with van der Waals surface area (Å²) in [5.74, 6) is 1.38. The number of fused-ring (bicyclic) bond motifs is 2. The van der Waals surface area contributed by atoms with Crippen LogP contribution < -0.4 is 9.47 Å². The van der Waals surface area contributed by atoms with E-state index < -0.39 is 0 Å². The first-order valence-electron chi connectivity index (χ1n) is 10.3. The van der Waals surface area contributed by atoms with Gasteiger partial charge in [0, 0.05) is 18.1 Å². The lowest BCUT2D eigenvalue weighted by Crippen LogP contribution is -2.33. The minimum atomic E-state index is -0.120. The molecule has 1 aromatic heterocycles. The third-order valence-electron chi connectivity index (χ3n) is 5.64. The maximum Gasteiger partial charge on any atom is 0.256 e. The fraction of sp³-hybridized carbons (Fsp3) is 0.154. The quantitative estimate of drug-likeness (QED) is 0.444. The zero-order chi connectivity index (χ0) is 21.2. The second-order valence-electron chi connectivity index (χ2n) is 7.62.